The Labute approximate surface area is 99.9 Å². The molecule has 2 rings (SSSR count). The van der Waals surface area contributed by atoms with Gasteiger partial charge in [0.05, 0.1) is 0 Å². The lowest BCUT2D eigenvalue weighted by atomic mass is 9.68. The molecule has 0 aromatic rings. The van der Waals surface area contributed by atoms with Gasteiger partial charge in [-0.05, 0) is 55.8 Å². The van der Waals surface area contributed by atoms with Gasteiger partial charge in [-0.1, -0.05) is 13.8 Å². The Morgan fingerprint density at radius 3 is 2.38 bits per heavy atom. The van der Waals surface area contributed by atoms with Crippen LogP contribution in [0.5, 0.6) is 0 Å². The van der Waals surface area contributed by atoms with Gasteiger partial charge in [-0.25, -0.2) is 0 Å². The van der Waals surface area contributed by atoms with Crippen LogP contribution in [0.1, 0.15) is 46.0 Å². The molecule has 0 bridgehead atoms. The molecule has 2 N–H and O–H groups in total. The van der Waals surface area contributed by atoms with Crippen LogP contribution in [-0.4, -0.2) is 19.3 Å². The second kappa shape index (κ2) is 5.50. The fourth-order valence-corrected chi connectivity index (χ4v) is 3.55. The van der Waals surface area contributed by atoms with E-state index in [1.807, 2.05) is 0 Å². The third kappa shape index (κ3) is 2.78. The average molecular weight is 225 g/mol. The van der Waals surface area contributed by atoms with Gasteiger partial charge < -0.3 is 10.5 Å². The first-order valence-corrected chi connectivity index (χ1v) is 7.01. The molecule has 0 spiro atoms. The third-order valence-electron chi connectivity index (χ3n) is 4.81. The van der Waals surface area contributed by atoms with Gasteiger partial charge in [-0.2, -0.15) is 0 Å². The SMILES string of the molecule is CC(C)C1CCC(N)C(C2CCOCC2)C1. The molecule has 94 valence electrons. The van der Waals surface area contributed by atoms with Crippen molar-refractivity contribution in [3.63, 3.8) is 0 Å². The molecule has 1 aliphatic heterocycles. The third-order valence-corrected chi connectivity index (χ3v) is 4.81. The number of hydrogen-bond donors (Lipinski definition) is 1. The van der Waals surface area contributed by atoms with Crippen LogP contribution in [0.3, 0.4) is 0 Å². The first-order chi connectivity index (χ1) is 7.68. The minimum absolute atomic E-state index is 0.457. The van der Waals surface area contributed by atoms with E-state index < -0.39 is 0 Å². The maximum Gasteiger partial charge on any atom is 0.0468 e. The van der Waals surface area contributed by atoms with E-state index >= 15 is 0 Å². The fourth-order valence-electron chi connectivity index (χ4n) is 3.55. The number of hydrogen-bond acceptors (Lipinski definition) is 2. The smallest absolute Gasteiger partial charge is 0.0468 e. The standard InChI is InChI=1S/C14H27NO/c1-10(2)12-3-4-14(15)13(9-12)11-5-7-16-8-6-11/h10-14H,3-9,15H2,1-2H3. The maximum atomic E-state index is 6.33. The molecule has 0 amide bonds. The van der Waals surface area contributed by atoms with Gasteiger partial charge in [0.25, 0.3) is 0 Å². The summed E-state index contributed by atoms with van der Waals surface area (Å²) in [6, 6.07) is 0.457. The second-order valence-electron chi connectivity index (χ2n) is 6.09. The molecule has 2 nitrogen and oxygen atoms in total. The zero-order valence-electron chi connectivity index (χ0n) is 10.8. The number of rotatable bonds is 2. The Hall–Kier alpha value is -0.0800. The van der Waals surface area contributed by atoms with Gasteiger partial charge in [0.15, 0.2) is 0 Å². The lowest BCUT2D eigenvalue weighted by Crippen LogP contribution is -2.42. The first-order valence-electron chi connectivity index (χ1n) is 7.01. The monoisotopic (exact) mass is 225 g/mol. The van der Waals surface area contributed by atoms with Gasteiger partial charge in [0.1, 0.15) is 0 Å². The number of ether oxygens (including phenoxy) is 1. The Balaban J connectivity index is 1.94. The van der Waals surface area contributed by atoms with E-state index in [1.54, 1.807) is 0 Å². The van der Waals surface area contributed by atoms with Crippen molar-refractivity contribution >= 4 is 0 Å². The van der Waals surface area contributed by atoms with Crippen molar-refractivity contribution in [3.8, 4) is 0 Å². The van der Waals surface area contributed by atoms with Crippen molar-refractivity contribution < 1.29 is 4.74 Å². The second-order valence-corrected chi connectivity index (χ2v) is 6.09. The van der Waals surface area contributed by atoms with Crippen LogP contribution in [0.15, 0.2) is 0 Å². The van der Waals surface area contributed by atoms with Crippen LogP contribution in [-0.2, 0) is 4.74 Å². The van der Waals surface area contributed by atoms with E-state index in [0.717, 1.165) is 36.9 Å². The summed E-state index contributed by atoms with van der Waals surface area (Å²) in [6.07, 6.45) is 6.43. The molecule has 3 atom stereocenters. The van der Waals surface area contributed by atoms with Crippen molar-refractivity contribution in [2.75, 3.05) is 13.2 Å². The molecule has 16 heavy (non-hydrogen) atoms. The molecular weight excluding hydrogens is 198 g/mol. The fraction of sp³-hybridized carbons (Fsp3) is 1.00. The molecule has 3 unspecified atom stereocenters. The summed E-state index contributed by atoms with van der Waals surface area (Å²) >= 11 is 0. The predicted molar refractivity (Wildman–Crippen MR) is 67.2 cm³/mol. The van der Waals surface area contributed by atoms with Crippen molar-refractivity contribution in [3.05, 3.63) is 0 Å². The van der Waals surface area contributed by atoms with E-state index in [2.05, 4.69) is 13.8 Å². The van der Waals surface area contributed by atoms with Crippen molar-refractivity contribution in [2.24, 2.45) is 29.4 Å². The van der Waals surface area contributed by atoms with E-state index in [9.17, 15) is 0 Å². The molecule has 1 saturated heterocycles. The molecule has 1 saturated carbocycles. The first kappa shape index (κ1) is 12.4. The Bertz CT molecular complexity index is 211. The highest BCUT2D eigenvalue weighted by atomic mass is 16.5. The number of nitrogens with two attached hydrogens (primary N) is 1. The molecule has 0 radical (unpaired) electrons. The maximum absolute atomic E-state index is 6.33. The largest absolute Gasteiger partial charge is 0.381 e. The van der Waals surface area contributed by atoms with Gasteiger partial charge in [-0.15, -0.1) is 0 Å². The molecule has 2 fully saturated rings. The highest BCUT2D eigenvalue weighted by Crippen LogP contribution is 2.39. The molecular formula is C14H27NO. The summed E-state index contributed by atoms with van der Waals surface area (Å²) in [4.78, 5) is 0. The zero-order chi connectivity index (χ0) is 11.5. The van der Waals surface area contributed by atoms with Gasteiger partial charge in [0.2, 0.25) is 0 Å². The van der Waals surface area contributed by atoms with Crippen LogP contribution in [0.25, 0.3) is 0 Å². The zero-order valence-corrected chi connectivity index (χ0v) is 10.8. The van der Waals surface area contributed by atoms with E-state index in [-0.39, 0.29) is 0 Å². The molecule has 2 aliphatic rings. The lowest BCUT2D eigenvalue weighted by Gasteiger charge is -2.41. The van der Waals surface area contributed by atoms with Gasteiger partial charge >= 0.3 is 0 Å². The summed E-state index contributed by atoms with van der Waals surface area (Å²) in [6.45, 7) is 6.64. The van der Waals surface area contributed by atoms with E-state index in [0.29, 0.717) is 6.04 Å². The topological polar surface area (TPSA) is 35.2 Å². The summed E-state index contributed by atoms with van der Waals surface area (Å²) in [5, 5.41) is 0. The summed E-state index contributed by atoms with van der Waals surface area (Å²) < 4.78 is 5.46. The summed E-state index contributed by atoms with van der Waals surface area (Å²) in [7, 11) is 0. The summed E-state index contributed by atoms with van der Waals surface area (Å²) in [5.74, 6) is 3.35. The highest BCUT2D eigenvalue weighted by Gasteiger charge is 2.35. The van der Waals surface area contributed by atoms with Crippen LogP contribution in [0, 0.1) is 23.7 Å². The minimum atomic E-state index is 0.457. The van der Waals surface area contributed by atoms with Crippen molar-refractivity contribution in [1.29, 1.82) is 0 Å². The molecule has 0 aromatic carbocycles. The predicted octanol–water partition coefficient (Wildman–Crippen LogP) is 2.81. The van der Waals surface area contributed by atoms with E-state index in [4.69, 9.17) is 10.5 Å². The molecule has 0 aromatic heterocycles. The Morgan fingerprint density at radius 2 is 1.75 bits per heavy atom. The average Bonchev–Trinajstić information content (AvgIpc) is 2.30. The van der Waals surface area contributed by atoms with Crippen molar-refractivity contribution in [1.82, 2.24) is 0 Å². The van der Waals surface area contributed by atoms with E-state index in [1.165, 1.54) is 32.1 Å². The molecule has 1 aliphatic carbocycles. The van der Waals surface area contributed by atoms with Crippen LogP contribution in [0.2, 0.25) is 0 Å². The van der Waals surface area contributed by atoms with Crippen LogP contribution >= 0.6 is 0 Å². The molecule has 2 heteroatoms. The molecule has 1 heterocycles. The van der Waals surface area contributed by atoms with Crippen LogP contribution in [0.4, 0.5) is 0 Å². The quantitative estimate of drug-likeness (QED) is 0.784. The van der Waals surface area contributed by atoms with Crippen molar-refractivity contribution in [2.45, 2.75) is 52.0 Å². The minimum Gasteiger partial charge on any atom is -0.381 e. The lowest BCUT2D eigenvalue weighted by molar-refractivity contribution is 0.0240. The highest BCUT2D eigenvalue weighted by molar-refractivity contribution is 4.88. The van der Waals surface area contributed by atoms with Gasteiger partial charge in [0, 0.05) is 19.3 Å². The Morgan fingerprint density at radius 1 is 1.06 bits per heavy atom. The van der Waals surface area contributed by atoms with Crippen LogP contribution < -0.4 is 5.73 Å². The normalized spacial score (nSPS) is 37.9. The Kier molecular flexibility index (Phi) is 4.26. The summed E-state index contributed by atoms with van der Waals surface area (Å²) in [5.41, 5.74) is 6.33. The van der Waals surface area contributed by atoms with Gasteiger partial charge in [-0.3, -0.25) is 0 Å².